The molecule has 2 aromatic heterocycles. The molecule has 0 bridgehead atoms. The van der Waals surface area contributed by atoms with Crippen LogP contribution in [0.1, 0.15) is 17.7 Å². The lowest BCUT2D eigenvalue weighted by Gasteiger charge is -2.11. The van der Waals surface area contributed by atoms with E-state index < -0.39 is 21.8 Å². The van der Waals surface area contributed by atoms with Gasteiger partial charge in [0.25, 0.3) is 4.96 Å². The fraction of sp³-hybridized carbons (Fsp3) is 0.154. The summed E-state index contributed by atoms with van der Waals surface area (Å²) in [6.45, 7) is 1.59. The molecule has 3 rings (SSSR count). The van der Waals surface area contributed by atoms with Crippen molar-refractivity contribution >= 4 is 33.9 Å². The third kappa shape index (κ3) is 2.46. The van der Waals surface area contributed by atoms with Gasteiger partial charge in [-0.15, -0.1) is 0 Å². The first-order chi connectivity index (χ1) is 10.5. The summed E-state index contributed by atoms with van der Waals surface area (Å²) >= 11 is 2.22. The summed E-state index contributed by atoms with van der Waals surface area (Å²) in [5.41, 5.74) is -0.113. The summed E-state index contributed by atoms with van der Waals surface area (Å²) in [4.78, 5) is 15.3. The van der Waals surface area contributed by atoms with E-state index in [4.69, 9.17) is 0 Å². The van der Waals surface area contributed by atoms with Crippen molar-refractivity contribution in [1.29, 1.82) is 0 Å². The van der Waals surface area contributed by atoms with Crippen LogP contribution in [0.4, 0.5) is 14.6 Å². The normalized spacial score (nSPS) is 12.7. The molecule has 0 saturated heterocycles. The van der Waals surface area contributed by atoms with Crippen molar-refractivity contribution < 1.29 is 13.7 Å². The number of imidazole rings is 1. The fourth-order valence-electron chi connectivity index (χ4n) is 2.12. The lowest BCUT2D eigenvalue weighted by atomic mass is 10.1. The quantitative estimate of drug-likeness (QED) is 0.400. The number of thiazole rings is 1. The van der Waals surface area contributed by atoms with Crippen LogP contribution in [-0.4, -0.2) is 14.3 Å². The van der Waals surface area contributed by atoms with E-state index in [2.05, 4.69) is 4.98 Å². The van der Waals surface area contributed by atoms with E-state index in [1.54, 1.807) is 18.5 Å². The van der Waals surface area contributed by atoms with Crippen LogP contribution in [-0.2, 0) is 0 Å². The number of thioether (sulfide) groups is 1. The third-order valence-corrected chi connectivity index (χ3v) is 4.92. The van der Waals surface area contributed by atoms with Crippen LogP contribution < -0.4 is 0 Å². The SMILES string of the molecule is CC(Sc1nc2sccn2c1[N+](=O)[O-])c1c(F)cccc1F. The Labute approximate surface area is 131 Å². The highest BCUT2D eigenvalue weighted by Gasteiger charge is 2.27. The van der Waals surface area contributed by atoms with Crippen LogP contribution in [0.5, 0.6) is 0 Å². The van der Waals surface area contributed by atoms with Crippen molar-refractivity contribution in [3.63, 3.8) is 0 Å². The molecule has 0 N–H and O–H groups in total. The zero-order valence-electron chi connectivity index (χ0n) is 11.2. The van der Waals surface area contributed by atoms with Gasteiger partial charge in [-0.2, -0.15) is 9.38 Å². The first-order valence-electron chi connectivity index (χ1n) is 6.19. The molecule has 2 heterocycles. The number of nitrogens with zero attached hydrogens (tertiary/aromatic N) is 3. The molecule has 114 valence electrons. The van der Waals surface area contributed by atoms with Crippen LogP contribution in [0.25, 0.3) is 4.96 Å². The highest BCUT2D eigenvalue weighted by Crippen LogP contribution is 2.41. The molecule has 0 aliphatic heterocycles. The Morgan fingerprint density at radius 1 is 1.41 bits per heavy atom. The maximum Gasteiger partial charge on any atom is 0.362 e. The molecular weight excluding hydrogens is 332 g/mol. The third-order valence-electron chi connectivity index (χ3n) is 3.07. The van der Waals surface area contributed by atoms with Gasteiger partial charge in [0, 0.05) is 16.2 Å². The minimum atomic E-state index is -0.677. The van der Waals surface area contributed by atoms with Gasteiger partial charge in [0.05, 0.1) is 0 Å². The maximum atomic E-state index is 13.8. The summed E-state index contributed by atoms with van der Waals surface area (Å²) in [5, 5.41) is 12.4. The number of benzene rings is 1. The Morgan fingerprint density at radius 3 is 2.73 bits per heavy atom. The Hall–Kier alpha value is -2.00. The number of fused-ring (bicyclic) bond motifs is 1. The molecule has 0 amide bonds. The molecule has 1 atom stereocenters. The summed E-state index contributed by atoms with van der Waals surface area (Å²) in [5.74, 6) is -1.54. The van der Waals surface area contributed by atoms with E-state index in [0.717, 1.165) is 23.9 Å². The molecule has 0 aliphatic rings. The minimum absolute atomic E-state index is 0.113. The summed E-state index contributed by atoms with van der Waals surface area (Å²) in [6, 6.07) is 3.60. The first kappa shape index (κ1) is 14.9. The van der Waals surface area contributed by atoms with Crippen molar-refractivity contribution in [2.75, 3.05) is 0 Å². The van der Waals surface area contributed by atoms with Crippen molar-refractivity contribution in [3.05, 3.63) is 57.1 Å². The standard InChI is InChI=1S/C13H9F2N3O2S2/c1-7(10-8(14)3-2-4-9(10)15)22-11-12(18(19)20)17-5-6-21-13(17)16-11/h2-7H,1H3. The average molecular weight is 341 g/mol. The second-order valence-corrected chi connectivity index (χ2v) is 6.65. The Morgan fingerprint density at radius 2 is 2.09 bits per heavy atom. The lowest BCUT2D eigenvalue weighted by molar-refractivity contribution is -0.393. The zero-order valence-corrected chi connectivity index (χ0v) is 12.8. The number of hydrogen-bond acceptors (Lipinski definition) is 5. The van der Waals surface area contributed by atoms with Crippen molar-refractivity contribution in [2.45, 2.75) is 17.2 Å². The van der Waals surface area contributed by atoms with Crippen LogP contribution in [0.15, 0.2) is 34.8 Å². The maximum absolute atomic E-state index is 13.8. The number of aromatic nitrogens is 2. The van der Waals surface area contributed by atoms with Crippen molar-refractivity contribution in [3.8, 4) is 0 Å². The molecule has 0 radical (unpaired) electrons. The molecule has 0 fully saturated rings. The second kappa shape index (κ2) is 5.65. The van der Waals surface area contributed by atoms with Crippen LogP contribution >= 0.6 is 23.1 Å². The molecule has 5 nitrogen and oxygen atoms in total. The average Bonchev–Trinajstić information content (AvgIpc) is 2.97. The lowest BCUT2D eigenvalue weighted by Crippen LogP contribution is -1.99. The van der Waals surface area contributed by atoms with Crippen LogP contribution in [0.3, 0.4) is 0 Å². The first-order valence-corrected chi connectivity index (χ1v) is 7.95. The largest absolute Gasteiger partial charge is 0.362 e. The van der Waals surface area contributed by atoms with E-state index in [9.17, 15) is 18.9 Å². The molecule has 0 saturated carbocycles. The van der Waals surface area contributed by atoms with E-state index in [-0.39, 0.29) is 16.4 Å². The fourth-order valence-corrected chi connectivity index (χ4v) is 3.99. The molecule has 0 aliphatic carbocycles. The van der Waals surface area contributed by atoms with E-state index in [1.807, 2.05) is 0 Å². The smallest absolute Gasteiger partial charge is 0.358 e. The van der Waals surface area contributed by atoms with E-state index >= 15 is 0 Å². The molecule has 9 heteroatoms. The van der Waals surface area contributed by atoms with Gasteiger partial charge >= 0.3 is 5.82 Å². The van der Waals surface area contributed by atoms with Gasteiger partial charge in [-0.25, -0.2) is 8.78 Å². The molecule has 3 aromatic rings. The highest BCUT2D eigenvalue weighted by molar-refractivity contribution is 7.99. The number of hydrogen-bond donors (Lipinski definition) is 0. The summed E-state index contributed by atoms with van der Waals surface area (Å²) in [7, 11) is 0. The van der Waals surface area contributed by atoms with Crippen molar-refractivity contribution in [2.24, 2.45) is 0 Å². The molecular formula is C13H9F2N3O2S2. The van der Waals surface area contributed by atoms with Crippen molar-refractivity contribution in [1.82, 2.24) is 9.38 Å². The molecule has 22 heavy (non-hydrogen) atoms. The number of nitro groups is 1. The zero-order chi connectivity index (χ0) is 15.9. The highest BCUT2D eigenvalue weighted by atomic mass is 32.2. The van der Waals surface area contributed by atoms with Gasteiger partial charge in [0.1, 0.15) is 17.8 Å². The molecule has 1 unspecified atom stereocenters. The van der Waals surface area contributed by atoms with Gasteiger partial charge in [-0.1, -0.05) is 29.2 Å². The van der Waals surface area contributed by atoms with Gasteiger partial charge in [-0.05, 0) is 24.0 Å². The van der Waals surface area contributed by atoms with Gasteiger partial charge in [-0.3, -0.25) is 0 Å². The van der Waals surface area contributed by atoms with Gasteiger partial charge < -0.3 is 10.1 Å². The topological polar surface area (TPSA) is 60.4 Å². The van der Waals surface area contributed by atoms with Crippen LogP contribution in [0, 0.1) is 21.7 Å². The number of halogens is 2. The number of rotatable bonds is 4. The molecule has 0 spiro atoms. The predicted octanol–water partition coefficient (Wildman–Crippen LogP) is 4.44. The van der Waals surface area contributed by atoms with Crippen LogP contribution in [0.2, 0.25) is 0 Å². The Kier molecular flexibility index (Phi) is 3.83. The minimum Gasteiger partial charge on any atom is -0.358 e. The van der Waals surface area contributed by atoms with E-state index in [0.29, 0.717) is 4.96 Å². The second-order valence-electron chi connectivity index (χ2n) is 4.45. The predicted molar refractivity (Wildman–Crippen MR) is 80.4 cm³/mol. The molecule has 1 aromatic carbocycles. The Bertz CT molecular complexity index is 842. The van der Waals surface area contributed by atoms with Gasteiger partial charge in [0.2, 0.25) is 0 Å². The van der Waals surface area contributed by atoms with Gasteiger partial charge in [0.15, 0.2) is 5.03 Å². The van der Waals surface area contributed by atoms with E-state index in [1.165, 1.54) is 21.8 Å². The summed E-state index contributed by atoms with van der Waals surface area (Å²) in [6.07, 6.45) is 1.55. The Balaban J connectivity index is 2.01. The summed E-state index contributed by atoms with van der Waals surface area (Å²) < 4.78 is 29.0. The monoisotopic (exact) mass is 341 g/mol.